The number of piperidine rings is 1. The molecule has 2 aromatic carbocycles. The summed E-state index contributed by atoms with van der Waals surface area (Å²) in [5.74, 6) is -3.45. The number of sulfonamides is 1. The fourth-order valence-corrected chi connectivity index (χ4v) is 4.48. The van der Waals surface area contributed by atoms with Gasteiger partial charge in [0.2, 0.25) is 15.9 Å². The van der Waals surface area contributed by atoms with Crippen LogP contribution >= 0.6 is 0 Å². The van der Waals surface area contributed by atoms with Crippen LogP contribution in [-0.2, 0) is 14.8 Å². The monoisotopic (exact) mass is 398 g/mol. The van der Waals surface area contributed by atoms with E-state index in [9.17, 15) is 26.4 Å². The van der Waals surface area contributed by atoms with Crippen molar-refractivity contribution in [3.63, 3.8) is 0 Å². The third kappa shape index (κ3) is 4.30. The Morgan fingerprint density at radius 2 is 1.70 bits per heavy atom. The minimum absolute atomic E-state index is 0.0606. The molecule has 1 fully saturated rings. The first kappa shape index (κ1) is 19.4. The van der Waals surface area contributed by atoms with Crippen LogP contribution in [0, 0.1) is 23.4 Å². The van der Waals surface area contributed by atoms with Gasteiger partial charge in [-0.2, -0.15) is 4.31 Å². The number of nitrogens with one attached hydrogen (secondary N) is 1. The minimum Gasteiger partial charge on any atom is -0.323 e. The Kier molecular flexibility index (Phi) is 5.52. The SMILES string of the molecule is O=C(Nc1ccc(F)cc1F)C1CCCN(S(=O)(=O)c2ccc(F)cc2)C1. The molecule has 1 aliphatic rings. The summed E-state index contributed by atoms with van der Waals surface area (Å²) in [6.45, 7) is 0.156. The van der Waals surface area contributed by atoms with Gasteiger partial charge in [-0.3, -0.25) is 4.79 Å². The van der Waals surface area contributed by atoms with Crippen molar-refractivity contribution in [1.82, 2.24) is 4.31 Å². The van der Waals surface area contributed by atoms with Crippen LogP contribution < -0.4 is 5.32 Å². The van der Waals surface area contributed by atoms with E-state index in [0.717, 1.165) is 28.6 Å². The van der Waals surface area contributed by atoms with Crippen LogP contribution in [0.2, 0.25) is 0 Å². The standard InChI is InChI=1S/C18H17F3N2O3S/c19-13-3-6-15(7-4-13)27(25,26)23-9-1-2-12(11-23)18(24)22-17-8-5-14(20)10-16(17)21/h3-8,10,12H,1-2,9,11H2,(H,22,24). The van der Waals surface area contributed by atoms with Crippen molar-refractivity contribution >= 4 is 21.6 Å². The zero-order valence-corrected chi connectivity index (χ0v) is 15.0. The molecule has 0 saturated carbocycles. The maximum atomic E-state index is 13.7. The molecule has 2 aromatic rings. The first-order chi connectivity index (χ1) is 12.8. The summed E-state index contributed by atoms with van der Waals surface area (Å²) in [4.78, 5) is 12.4. The number of carbonyl (C=O) groups excluding carboxylic acids is 1. The van der Waals surface area contributed by atoms with Crippen LogP contribution in [0.4, 0.5) is 18.9 Å². The first-order valence-electron chi connectivity index (χ1n) is 8.29. The molecule has 1 unspecified atom stereocenters. The molecule has 1 aliphatic heterocycles. The van der Waals surface area contributed by atoms with Crippen LogP contribution in [-0.4, -0.2) is 31.7 Å². The highest BCUT2D eigenvalue weighted by molar-refractivity contribution is 7.89. The first-order valence-corrected chi connectivity index (χ1v) is 9.73. The molecule has 0 radical (unpaired) electrons. The summed E-state index contributed by atoms with van der Waals surface area (Å²) in [5, 5.41) is 2.37. The van der Waals surface area contributed by atoms with Gasteiger partial charge in [-0.05, 0) is 49.2 Å². The van der Waals surface area contributed by atoms with Gasteiger partial charge >= 0.3 is 0 Å². The van der Waals surface area contributed by atoms with Crippen LogP contribution in [0.1, 0.15) is 12.8 Å². The van der Waals surface area contributed by atoms with Crippen molar-refractivity contribution in [2.24, 2.45) is 5.92 Å². The molecule has 9 heteroatoms. The van der Waals surface area contributed by atoms with E-state index in [1.807, 2.05) is 0 Å². The molecule has 5 nitrogen and oxygen atoms in total. The van der Waals surface area contributed by atoms with E-state index < -0.39 is 39.3 Å². The van der Waals surface area contributed by atoms with Gasteiger partial charge in [0.15, 0.2) is 0 Å². The fourth-order valence-electron chi connectivity index (χ4n) is 2.96. The average molecular weight is 398 g/mol. The Bertz CT molecular complexity index is 949. The molecule has 0 spiro atoms. The Balaban J connectivity index is 1.73. The van der Waals surface area contributed by atoms with Crippen molar-refractivity contribution in [2.75, 3.05) is 18.4 Å². The van der Waals surface area contributed by atoms with Gasteiger partial charge in [-0.15, -0.1) is 0 Å². The number of rotatable bonds is 4. The highest BCUT2D eigenvalue weighted by Crippen LogP contribution is 2.25. The van der Waals surface area contributed by atoms with Gasteiger partial charge in [0.1, 0.15) is 17.5 Å². The zero-order valence-electron chi connectivity index (χ0n) is 14.2. The normalized spacial score (nSPS) is 18.3. The van der Waals surface area contributed by atoms with E-state index in [0.29, 0.717) is 18.9 Å². The van der Waals surface area contributed by atoms with Crippen LogP contribution in [0.5, 0.6) is 0 Å². The molecule has 1 atom stereocenters. The number of anilines is 1. The topological polar surface area (TPSA) is 66.5 Å². The predicted molar refractivity (Wildman–Crippen MR) is 92.9 cm³/mol. The summed E-state index contributed by atoms with van der Waals surface area (Å²) in [7, 11) is -3.87. The fraction of sp³-hybridized carbons (Fsp3) is 0.278. The van der Waals surface area contributed by atoms with Gasteiger partial charge in [-0.1, -0.05) is 0 Å². The molecule has 144 valence electrons. The second-order valence-corrected chi connectivity index (χ2v) is 8.21. The molecule has 0 aliphatic carbocycles. The van der Waals surface area contributed by atoms with Crippen LogP contribution in [0.25, 0.3) is 0 Å². The van der Waals surface area contributed by atoms with Gasteiger partial charge in [0.05, 0.1) is 16.5 Å². The Morgan fingerprint density at radius 3 is 2.37 bits per heavy atom. The molecule has 1 saturated heterocycles. The second-order valence-electron chi connectivity index (χ2n) is 6.27. The zero-order chi connectivity index (χ0) is 19.6. The third-order valence-corrected chi connectivity index (χ3v) is 6.27. The second kappa shape index (κ2) is 7.69. The highest BCUT2D eigenvalue weighted by atomic mass is 32.2. The third-order valence-electron chi connectivity index (χ3n) is 4.40. The molecule has 0 bridgehead atoms. The minimum atomic E-state index is -3.87. The molecular formula is C18H17F3N2O3S. The van der Waals surface area contributed by atoms with Crippen LogP contribution in [0.3, 0.4) is 0 Å². The number of nitrogens with zero attached hydrogens (tertiary/aromatic N) is 1. The summed E-state index contributed by atoms with van der Waals surface area (Å²) in [6, 6.07) is 7.23. The van der Waals surface area contributed by atoms with Crippen LogP contribution in [0.15, 0.2) is 47.4 Å². The van der Waals surface area contributed by atoms with Gasteiger partial charge in [0, 0.05) is 19.2 Å². The largest absolute Gasteiger partial charge is 0.323 e. The smallest absolute Gasteiger partial charge is 0.243 e. The lowest BCUT2D eigenvalue weighted by Gasteiger charge is -2.31. The Labute approximate surface area is 154 Å². The number of hydrogen-bond donors (Lipinski definition) is 1. The number of carbonyl (C=O) groups is 1. The molecule has 27 heavy (non-hydrogen) atoms. The van der Waals surface area contributed by atoms with Crippen molar-refractivity contribution < 1.29 is 26.4 Å². The number of benzene rings is 2. The maximum absolute atomic E-state index is 13.7. The number of amides is 1. The summed E-state index contributed by atoms with van der Waals surface area (Å²) in [5.41, 5.74) is -0.167. The Morgan fingerprint density at radius 1 is 1.04 bits per heavy atom. The predicted octanol–water partition coefficient (Wildman–Crippen LogP) is 3.14. The molecule has 3 rings (SSSR count). The van der Waals surface area contributed by atoms with E-state index in [-0.39, 0.29) is 23.7 Å². The summed E-state index contributed by atoms with van der Waals surface area (Å²) >= 11 is 0. The van der Waals surface area contributed by atoms with Crippen molar-refractivity contribution in [3.05, 3.63) is 59.9 Å². The van der Waals surface area contributed by atoms with E-state index >= 15 is 0 Å². The highest BCUT2D eigenvalue weighted by Gasteiger charge is 2.33. The molecule has 0 aromatic heterocycles. The lowest BCUT2D eigenvalue weighted by molar-refractivity contribution is -0.120. The van der Waals surface area contributed by atoms with E-state index in [1.165, 1.54) is 12.1 Å². The van der Waals surface area contributed by atoms with E-state index in [1.54, 1.807) is 0 Å². The van der Waals surface area contributed by atoms with Gasteiger partial charge in [0.25, 0.3) is 0 Å². The van der Waals surface area contributed by atoms with Gasteiger partial charge in [-0.25, -0.2) is 21.6 Å². The van der Waals surface area contributed by atoms with E-state index in [2.05, 4.69) is 5.32 Å². The van der Waals surface area contributed by atoms with Crippen molar-refractivity contribution in [2.45, 2.75) is 17.7 Å². The lowest BCUT2D eigenvalue weighted by Crippen LogP contribution is -2.43. The molecule has 1 heterocycles. The summed E-state index contributed by atoms with van der Waals surface area (Å²) < 4.78 is 66.2. The number of hydrogen-bond acceptors (Lipinski definition) is 3. The summed E-state index contributed by atoms with van der Waals surface area (Å²) in [6.07, 6.45) is 0.883. The molecule has 1 amide bonds. The maximum Gasteiger partial charge on any atom is 0.243 e. The van der Waals surface area contributed by atoms with Gasteiger partial charge < -0.3 is 5.32 Å². The average Bonchev–Trinajstić information content (AvgIpc) is 2.64. The van der Waals surface area contributed by atoms with Crippen molar-refractivity contribution in [3.8, 4) is 0 Å². The number of halogens is 3. The Hall–Kier alpha value is -2.39. The molecule has 1 N–H and O–H groups in total. The lowest BCUT2D eigenvalue weighted by atomic mass is 9.98. The van der Waals surface area contributed by atoms with Crippen molar-refractivity contribution in [1.29, 1.82) is 0 Å². The van der Waals surface area contributed by atoms with E-state index in [4.69, 9.17) is 0 Å². The quantitative estimate of drug-likeness (QED) is 0.861. The molecular weight excluding hydrogens is 381 g/mol.